The Balaban J connectivity index is 2.26. The summed E-state index contributed by atoms with van der Waals surface area (Å²) in [6.07, 6.45) is 0.427. The molecule has 3 heteroatoms. The van der Waals surface area contributed by atoms with Gasteiger partial charge in [-0.3, -0.25) is 0 Å². The molecule has 0 aromatic heterocycles. The third kappa shape index (κ3) is 2.16. The molecule has 1 aromatic rings. The van der Waals surface area contributed by atoms with Gasteiger partial charge in [-0.15, -0.1) is 0 Å². The Bertz CT molecular complexity index is 431. The standard InChI is InChI=1S/C12H12N2O/c1-9-8-15-12(14-9)11-4-2-3-10(7-11)5-6-13/h2-4,7,9H,5,8H2,1H3. The molecule has 1 heterocycles. The van der Waals surface area contributed by atoms with Crippen LogP contribution < -0.4 is 0 Å². The van der Waals surface area contributed by atoms with E-state index in [1.807, 2.05) is 31.2 Å². The third-order valence-corrected chi connectivity index (χ3v) is 2.26. The van der Waals surface area contributed by atoms with Crippen LogP contribution in [0.4, 0.5) is 0 Å². The number of ether oxygens (including phenoxy) is 1. The summed E-state index contributed by atoms with van der Waals surface area (Å²) in [4.78, 5) is 4.37. The molecule has 2 rings (SSSR count). The van der Waals surface area contributed by atoms with Gasteiger partial charge in [-0.2, -0.15) is 5.26 Å². The van der Waals surface area contributed by atoms with Crippen molar-refractivity contribution in [3.8, 4) is 6.07 Å². The summed E-state index contributed by atoms with van der Waals surface area (Å²) in [5, 5.41) is 8.61. The Kier molecular flexibility index (Phi) is 2.68. The van der Waals surface area contributed by atoms with Crippen molar-refractivity contribution < 1.29 is 4.74 Å². The summed E-state index contributed by atoms with van der Waals surface area (Å²) in [5.74, 6) is 0.697. The zero-order valence-electron chi connectivity index (χ0n) is 8.60. The first-order valence-corrected chi connectivity index (χ1v) is 4.96. The van der Waals surface area contributed by atoms with Crippen molar-refractivity contribution in [3.05, 3.63) is 35.4 Å². The number of aliphatic imine (C=N–C) groups is 1. The van der Waals surface area contributed by atoms with Gasteiger partial charge in [-0.1, -0.05) is 12.1 Å². The molecule has 0 aliphatic carbocycles. The Labute approximate surface area is 89.0 Å². The molecule has 1 aliphatic rings. The molecule has 1 unspecified atom stereocenters. The molecular formula is C12H12N2O. The van der Waals surface area contributed by atoms with E-state index in [2.05, 4.69) is 11.1 Å². The lowest BCUT2D eigenvalue weighted by molar-refractivity contribution is 0.324. The van der Waals surface area contributed by atoms with Gasteiger partial charge in [0, 0.05) is 5.56 Å². The first kappa shape index (κ1) is 9.72. The monoisotopic (exact) mass is 200 g/mol. The van der Waals surface area contributed by atoms with Crippen LogP contribution in [-0.4, -0.2) is 18.5 Å². The van der Waals surface area contributed by atoms with Crippen molar-refractivity contribution in [2.45, 2.75) is 19.4 Å². The second-order valence-electron chi connectivity index (χ2n) is 3.63. The molecule has 1 atom stereocenters. The first-order chi connectivity index (χ1) is 7.29. The number of benzene rings is 1. The fourth-order valence-corrected chi connectivity index (χ4v) is 1.54. The molecule has 0 spiro atoms. The summed E-state index contributed by atoms with van der Waals surface area (Å²) >= 11 is 0. The minimum Gasteiger partial charge on any atom is -0.475 e. The molecular weight excluding hydrogens is 188 g/mol. The fourth-order valence-electron chi connectivity index (χ4n) is 1.54. The van der Waals surface area contributed by atoms with E-state index >= 15 is 0 Å². The van der Waals surface area contributed by atoms with Crippen molar-refractivity contribution in [3.63, 3.8) is 0 Å². The van der Waals surface area contributed by atoms with E-state index < -0.39 is 0 Å². The lowest BCUT2D eigenvalue weighted by Gasteiger charge is -2.02. The molecule has 0 fully saturated rings. The predicted molar refractivity (Wildman–Crippen MR) is 57.7 cm³/mol. The van der Waals surface area contributed by atoms with Gasteiger partial charge in [0.25, 0.3) is 0 Å². The number of hydrogen-bond acceptors (Lipinski definition) is 3. The molecule has 1 aromatic carbocycles. The second-order valence-corrected chi connectivity index (χ2v) is 3.63. The molecule has 0 radical (unpaired) electrons. The van der Waals surface area contributed by atoms with Gasteiger partial charge in [0.2, 0.25) is 5.90 Å². The predicted octanol–water partition coefficient (Wildman–Crippen LogP) is 1.92. The van der Waals surface area contributed by atoms with Crippen LogP contribution in [0.25, 0.3) is 0 Å². The van der Waals surface area contributed by atoms with Crippen LogP contribution in [0.5, 0.6) is 0 Å². The number of nitriles is 1. The Morgan fingerprint density at radius 1 is 1.60 bits per heavy atom. The van der Waals surface area contributed by atoms with E-state index in [0.29, 0.717) is 18.9 Å². The van der Waals surface area contributed by atoms with Crippen molar-refractivity contribution >= 4 is 5.90 Å². The molecule has 3 nitrogen and oxygen atoms in total. The Hall–Kier alpha value is -1.82. The maximum Gasteiger partial charge on any atom is 0.216 e. The van der Waals surface area contributed by atoms with Gasteiger partial charge in [0.05, 0.1) is 18.5 Å². The van der Waals surface area contributed by atoms with Crippen LogP contribution in [0.2, 0.25) is 0 Å². The minimum atomic E-state index is 0.236. The van der Waals surface area contributed by atoms with E-state index in [4.69, 9.17) is 10.00 Å². The molecule has 76 valence electrons. The van der Waals surface area contributed by atoms with Crippen molar-refractivity contribution in [1.29, 1.82) is 5.26 Å². The zero-order chi connectivity index (χ0) is 10.7. The van der Waals surface area contributed by atoms with E-state index in [-0.39, 0.29) is 6.04 Å². The van der Waals surface area contributed by atoms with Crippen LogP contribution in [0.15, 0.2) is 29.3 Å². The van der Waals surface area contributed by atoms with E-state index in [0.717, 1.165) is 11.1 Å². The summed E-state index contributed by atoms with van der Waals surface area (Å²) < 4.78 is 5.45. The molecule has 0 saturated heterocycles. The van der Waals surface area contributed by atoms with Crippen molar-refractivity contribution in [2.75, 3.05) is 6.61 Å². The van der Waals surface area contributed by atoms with Crippen molar-refractivity contribution in [1.82, 2.24) is 0 Å². The molecule has 0 N–H and O–H groups in total. The van der Waals surface area contributed by atoms with Gasteiger partial charge in [-0.25, -0.2) is 4.99 Å². The molecule has 0 amide bonds. The summed E-state index contributed by atoms with van der Waals surface area (Å²) in [5.41, 5.74) is 1.97. The highest BCUT2D eigenvalue weighted by atomic mass is 16.5. The van der Waals surface area contributed by atoms with Gasteiger partial charge in [0.1, 0.15) is 6.61 Å². The van der Waals surface area contributed by atoms with Crippen LogP contribution in [0.1, 0.15) is 18.1 Å². The number of hydrogen-bond donors (Lipinski definition) is 0. The van der Waals surface area contributed by atoms with Crippen molar-refractivity contribution in [2.24, 2.45) is 4.99 Å². The highest BCUT2D eigenvalue weighted by molar-refractivity contribution is 5.95. The molecule has 0 saturated carbocycles. The lowest BCUT2D eigenvalue weighted by atomic mass is 10.1. The molecule has 15 heavy (non-hydrogen) atoms. The van der Waals surface area contributed by atoms with Crippen LogP contribution >= 0.6 is 0 Å². The highest BCUT2D eigenvalue weighted by Gasteiger charge is 2.15. The maximum atomic E-state index is 8.61. The Morgan fingerprint density at radius 2 is 2.47 bits per heavy atom. The Morgan fingerprint density at radius 3 is 3.13 bits per heavy atom. The van der Waals surface area contributed by atoms with E-state index in [1.54, 1.807) is 0 Å². The molecule has 1 aliphatic heterocycles. The van der Waals surface area contributed by atoms with E-state index in [1.165, 1.54) is 0 Å². The van der Waals surface area contributed by atoms with E-state index in [9.17, 15) is 0 Å². The largest absolute Gasteiger partial charge is 0.475 e. The SMILES string of the molecule is CC1COC(c2cccc(CC#N)c2)=N1. The second kappa shape index (κ2) is 4.14. The average molecular weight is 200 g/mol. The first-order valence-electron chi connectivity index (χ1n) is 4.96. The van der Waals surface area contributed by atoms with Crippen LogP contribution in [-0.2, 0) is 11.2 Å². The fraction of sp³-hybridized carbons (Fsp3) is 0.333. The third-order valence-electron chi connectivity index (χ3n) is 2.26. The van der Waals surface area contributed by atoms with Gasteiger partial charge in [-0.05, 0) is 24.6 Å². The van der Waals surface area contributed by atoms with Gasteiger partial charge >= 0.3 is 0 Å². The highest BCUT2D eigenvalue weighted by Crippen LogP contribution is 2.13. The van der Waals surface area contributed by atoms with Crippen LogP contribution in [0.3, 0.4) is 0 Å². The maximum absolute atomic E-state index is 8.61. The zero-order valence-corrected chi connectivity index (χ0v) is 8.60. The topological polar surface area (TPSA) is 45.4 Å². The summed E-state index contributed by atoms with van der Waals surface area (Å²) in [7, 11) is 0. The number of nitrogens with zero attached hydrogens (tertiary/aromatic N) is 2. The van der Waals surface area contributed by atoms with Crippen LogP contribution in [0, 0.1) is 11.3 Å². The quantitative estimate of drug-likeness (QED) is 0.732. The number of rotatable bonds is 2. The molecule has 0 bridgehead atoms. The smallest absolute Gasteiger partial charge is 0.216 e. The summed E-state index contributed by atoms with van der Waals surface area (Å²) in [6, 6.07) is 10.1. The van der Waals surface area contributed by atoms with Gasteiger partial charge < -0.3 is 4.74 Å². The average Bonchev–Trinajstić information content (AvgIpc) is 2.66. The minimum absolute atomic E-state index is 0.236. The summed E-state index contributed by atoms with van der Waals surface area (Å²) in [6.45, 7) is 2.67. The normalized spacial score (nSPS) is 19.2. The van der Waals surface area contributed by atoms with Gasteiger partial charge in [0.15, 0.2) is 0 Å². The lowest BCUT2D eigenvalue weighted by Crippen LogP contribution is -2.02.